The molecule has 0 heterocycles. The molecule has 3 rings (SSSR count). The lowest BCUT2D eigenvalue weighted by molar-refractivity contribution is -0.123. The fraction of sp³-hybridized carbons (Fsp3) is 0.562. The Morgan fingerprint density at radius 1 is 0.941 bits per heavy atom. The van der Waals surface area contributed by atoms with Crippen molar-refractivity contribution in [2.45, 2.75) is 44.4 Å². The second-order valence-electron chi connectivity index (χ2n) is 5.72. The average molecular weight is 228 g/mol. The lowest BCUT2D eigenvalue weighted by Crippen LogP contribution is -2.30. The molecule has 2 fully saturated rings. The first-order chi connectivity index (χ1) is 8.33. The van der Waals surface area contributed by atoms with Crippen molar-refractivity contribution in [1.29, 1.82) is 0 Å². The van der Waals surface area contributed by atoms with Gasteiger partial charge in [-0.1, -0.05) is 30.3 Å². The fourth-order valence-electron chi connectivity index (χ4n) is 3.72. The summed E-state index contributed by atoms with van der Waals surface area (Å²) in [5.74, 6) is 2.76. The number of hydrogen-bond donors (Lipinski definition) is 0. The van der Waals surface area contributed by atoms with Crippen LogP contribution in [-0.2, 0) is 4.79 Å². The van der Waals surface area contributed by atoms with E-state index in [1.54, 1.807) is 0 Å². The average Bonchev–Trinajstić information content (AvgIpc) is 2.39. The zero-order valence-electron chi connectivity index (χ0n) is 10.3. The third kappa shape index (κ3) is 2.29. The van der Waals surface area contributed by atoms with E-state index in [4.69, 9.17) is 0 Å². The van der Waals surface area contributed by atoms with Crippen LogP contribution >= 0.6 is 0 Å². The highest BCUT2D eigenvalue weighted by molar-refractivity contribution is 5.79. The van der Waals surface area contributed by atoms with Crippen LogP contribution in [0.4, 0.5) is 0 Å². The zero-order valence-corrected chi connectivity index (χ0v) is 10.3. The van der Waals surface area contributed by atoms with Crippen LogP contribution in [0, 0.1) is 11.8 Å². The number of carbonyl (C=O) groups is 1. The van der Waals surface area contributed by atoms with E-state index in [1.807, 2.05) is 0 Å². The Kier molecular flexibility index (Phi) is 3.00. The summed E-state index contributed by atoms with van der Waals surface area (Å²) in [7, 11) is 0. The summed E-state index contributed by atoms with van der Waals surface area (Å²) < 4.78 is 0. The molecule has 0 saturated heterocycles. The number of ketones is 1. The second kappa shape index (κ2) is 4.64. The molecule has 0 aliphatic heterocycles. The van der Waals surface area contributed by atoms with E-state index < -0.39 is 0 Å². The Bertz CT molecular complexity index is 395. The molecule has 0 bridgehead atoms. The molecule has 3 atom stereocenters. The minimum atomic E-state index is 0.504. The third-order valence-corrected chi connectivity index (χ3v) is 4.69. The summed E-state index contributed by atoms with van der Waals surface area (Å²) in [6.45, 7) is 0. The molecule has 0 aromatic heterocycles. The second-order valence-corrected chi connectivity index (χ2v) is 5.72. The van der Waals surface area contributed by atoms with Gasteiger partial charge >= 0.3 is 0 Å². The van der Waals surface area contributed by atoms with Gasteiger partial charge in [-0.05, 0) is 49.0 Å². The number of benzene rings is 1. The number of Topliss-reactive ketones (excluding diaryl/α,β-unsaturated/α-hetero) is 1. The van der Waals surface area contributed by atoms with Gasteiger partial charge in [0.15, 0.2) is 0 Å². The molecule has 0 spiro atoms. The Labute approximate surface area is 103 Å². The Morgan fingerprint density at radius 3 is 2.59 bits per heavy atom. The molecule has 1 nitrogen and oxygen atoms in total. The first-order valence-electron chi connectivity index (χ1n) is 6.89. The van der Waals surface area contributed by atoms with Crippen LogP contribution in [0.25, 0.3) is 0 Å². The molecule has 2 aliphatic rings. The highest BCUT2D eigenvalue weighted by Crippen LogP contribution is 2.45. The summed E-state index contributed by atoms with van der Waals surface area (Å²) in [6, 6.07) is 10.9. The summed E-state index contributed by atoms with van der Waals surface area (Å²) in [5, 5.41) is 0. The van der Waals surface area contributed by atoms with Crippen molar-refractivity contribution >= 4 is 5.78 Å². The summed E-state index contributed by atoms with van der Waals surface area (Å²) in [5.41, 5.74) is 1.50. The molecular weight excluding hydrogens is 208 g/mol. The topological polar surface area (TPSA) is 17.1 Å². The van der Waals surface area contributed by atoms with Crippen molar-refractivity contribution in [3.63, 3.8) is 0 Å². The lowest BCUT2D eigenvalue weighted by Gasteiger charge is -2.38. The van der Waals surface area contributed by atoms with Crippen LogP contribution in [0.5, 0.6) is 0 Å². The van der Waals surface area contributed by atoms with E-state index >= 15 is 0 Å². The molecule has 17 heavy (non-hydrogen) atoms. The maximum Gasteiger partial charge on any atom is 0.133 e. The number of carbonyl (C=O) groups excluding carboxylic acids is 1. The monoisotopic (exact) mass is 228 g/mol. The molecule has 1 heteroatoms. The van der Waals surface area contributed by atoms with Crippen LogP contribution in [0.15, 0.2) is 30.3 Å². The highest BCUT2D eigenvalue weighted by Gasteiger charge is 2.35. The van der Waals surface area contributed by atoms with E-state index in [1.165, 1.54) is 24.8 Å². The van der Waals surface area contributed by atoms with Crippen molar-refractivity contribution in [1.82, 2.24) is 0 Å². The van der Waals surface area contributed by atoms with Gasteiger partial charge < -0.3 is 0 Å². The van der Waals surface area contributed by atoms with E-state index in [-0.39, 0.29) is 0 Å². The van der Waals surface area contributed by atoms with Crippen molar-refractivity contribution in [3.8, 4) is 0 Å². The number of rotatable bonds is 1. The maximum atomic E-state index is 11.5. The molecule has 1 aromatic carbocycles. The first kappa shape index (κ1) is 11.0. The van der Waals surface area contributed by atoms with Gasteiger partial charge in [0, 0.05) is 12.8 Å². The number of hydrogen-bond acceptors (Lipinski definition) is 1. The van der Waals surface area contributed by atoms with Gasteiger partial charge in [-0.2, -0.15) is 0 Å². The van der Waals surface area contributed by atoms with Crippen molar-refractivity contribution in [2.75, 3.05) is 0 Å². The van der Waals surface area contributed by atoms with E-state index in [0.717, 1.165) is 31.1 Å². The summed E-state index contributed by atoms with van der Waals surface area (Å²) in [4.78, 5) is 11.5. The van der Waals surface area contributed by atoms with Crippen LogP contribution in [0.1, 0.15) is 50.0 Å². The Balaban J connectivity index is 1.70. The van der Waals surface area contributed by atoms with Crippen molar-refractivity contribution in [3.05, 3.63) is 35.9 Å². The fourth-order valence-corrected chi connectivity index (χ4v) is 3.72. The first-order valence-corrected chi connectivity index (χ1v) is 6.89. The zero-order chi connectivity index (χ0) is 11.7. The van der Waals surface area contributed by atoms with Gasteiger partial charge in [0.05, 0.1) is 0 Å². The van der Waals surface area contributed by atoms with Crippen molar-refractivity contribution in [2.24, 2.45) is 11.8 Å². The third-order valence-electron chi connectivity index (χ3n) is 4.69. The maximum absolute atomic E-state index is 11.5. The van der Waals surface area contributed by atoms with Gasteiger partial charge in [0.25, 0.3) is 0 Å². The molecule has 1 aromatic rings. The van der Waals surface area contributed by atoms with E-state index in [9.17, 15) is 4.79 Å². The molecule has 0 radical (unpaired) electrons. The Hall–Kier alpha value is -1.11. The summed E-state index contributed by atoms with van der Waals surface area (Å²) in [6.07, 6.45) is 6.69. The van der Waals surface area contributed by atoms with E-state index in [2.05, 4.69) is 30.3 Å². The van der Waals surface area contributed by atoms with Gasteiger partial charge in [-0.15, -0.1) is 0 Å². The summed E-state index contributed by atoms with van der Waals surface area (Å²) >= 11 is 0. The highest BCUT2D eigenvalue weighted by atomic mass is 16.1. The quantitative estimate of drug-likeness (QED) is 0.711. The van der Waals surface area contributed by atoms with Gasteiger partial charge in [-0.3, -0.25) is 4.79 Å². The van der Waals surface area contributed by atoms with Crippen LogP contribution in [0.2, 0.25) is 0 Å². The van der Waals surface area contributed by atoms with E-state index in [0.29, 0.717) is 11.7 Å². The smallest absolute Gasteiger partial charge is 0.133 e. The molecular formula is C16H20O. The molecule has 0 unspecified atom stereocenters. The predicted molar refractivity (Wildman–Crippen MR) is 68.9 cm³/mol. The molecule has 0 N–H and O–H groups in total. The van der Waals surface area contributed by atoms with Crippen LogP contribution in [-0.4, -0.2) is 5.78 Å². The van der Waals surface area contributed by atoms with Gasteiger partial charge in [-0.25, -0.2) is 0 Å². The van der Waals surface area contributed by atoms with Crippen LogP contribution in [0.3, 0.4) is 0 Å². The molecule has 90 valence electrons. The van der Waals surface area contributed by atoms with Gasteiger partial charge in [0.2, 0.25) is 0 Å². The molecule has 0 amide bonds. The van der Waals surface area contributed by atoms with Crippen molar-refractivity contribution < 1.29 is 4.79 Å². The minimum Gasteiger partial charge on any atom is -0.300 e. The van der Waals surface area contributed by atoms with Gasteiger partial charge in [0.1, 0.15) is 5.78 Å². The number of fused-ring (bicyclic) bond motifs is 1. The molecule has 2 saturated carbocycles. The largest absolute Gasteiger partial charge is 0.300 e. The van der Waals surface area contributed by atoms with Crippen LogP contribution < -0.4 is 0 Å². The SMILES string of the molecule is O=C1CC[C@@H]2C[C@H](c3ccccc3)CC[C@H]2C1. The minimum absolute atomic E-state index is 0.504. The Morgan fingerprint density at radius 2 is 1.76 bits per heavy atom. The molecule has 2 aliphatic carbocycles. The predicted octanol–water partition coefficient (Wildman–Crippen LogP) is 3.94. The standard InChI is InChI=1S/C16H20O/c17-16-9-8-14-10-13(6-7-15(14)11-16)12-4-2-1-3-5-12/h1-5,13-15H,6-11H2/t13-,14-,15+/m1/s1. The lowest BCUT2D eigenvalue weighted by atomic mass is 9.66. The normalized spacial score (nSPS) is 33.2.